The third-order valence-electron chi connectivity index (χ3n) is 2.59. The van der Waals surface area contributed by atoms with Crippen LogP contribution < -0.4 is 5.32 Å². The van der Waals surface area contributed by atoms with E-state index < -0.39 is 24.2 Å². The van der Waals surface area contributed by atoms with Crippen LogP contribution in [0.15, 0.2) is 0 Å². The van der Waals surface area contributed by atoms with E-state index in [1.807, 2.05) is 0 Å². The lowest BCUT2D eigenvalue weighted by molar-refractivity contribution is -0.194. The molecule has 0 saturated carbocycles. The number of ether oxygens (including phenoxy) is 1. The quantitative estimate of drug-likeness (QED) is 0.739. The standard InChI is InChI=1S/C9H14F3NO2/c1-8(2,6-3-4-13-6)7(14)15-5-9(10,11)12/h6,13H,3-5H2,1-2H3. The molecule has 0 amide bonds. The van der Waals surface area contributed by atoms with E-state index in [1.165, 1.54) is 0 Å². The van der Waals surface area contributed by atoms with E-state index in [-0.39, 0.29) is 6.04 Å². The predicted octanol–water partition coefficient (Wildman–Crippen LogP) is 1.48. The Labute approximate surface area is 86.0 Å². The normalized spacial score (nSPS) is 22.1. The minimum Gasteiger partial charge on any atom is -0.456 e. The molecular formula is C9H14F3NO2. The smallest absolute Gasteiger partial charge is 0.422 e. The molecule has 15 heavy (non-hydrogen) atoms. The summed E-state index contributed by atoms with van der Waals surface area (Å²) in [6.45, 7) is 2.45. The monoisotopic (exact) mass is 225 g/mol. The molecule has 0 aromatic carbocycles. The molecule has 0 aromatic heterocycles. The van der Waals surface area contributed by atoms with Crippen molar-refractivity contribution in [2.45, 2.75) is 32.5 Å². The molecule has 0 radical (unpaired) electrons. The molecule has 1 atom stereocenters. The Morgan fingerprint density at radius 1 is 1.47 bits per heavy atom. The number of hydrogen-bond donors (Lipinski definition) is 1. The molecule has 6 heteroatoms. The van der Waals surface area contributed by atoms with Gasteiger partial charge in [-0.25, -0.2) is 0 Å². The second kappa shape index (κ2) is 4.00. The van der Waals surface area contributed by atoms with Crippen molar-refractivity contribution >= 4 is 5.97 Å². The van der Waals surface area contributed by atoms with Crippen LogP contribution in [0.25, 0.3) is 0 Å². The van der Waals surface area contributed by atoms with Crippen LogP contribution >= 0.6 is 0 Å². The van der Waals surface area contributed by atoms with Gasteiger partial charge in [0.2, 0.25) is 0 Å². The Morgan fingerprint density at radius 3 is 2.33 bits per heavy atom. The van der Waals surface area contributed by atoms with Crippen molar-refractivity contribution in [3.8, 4) is 0 Å². The Morgan fingerprint density at radius 2 is 2.00 bits per heavy atom. The highest BCUT2D eigenvalue weighted by atomic mass is 19.4. The summed E-state index contributed by atoms with van der Waals surface area (Å²) in [5, 5.41) is 2.98. The van der Waals surface area contributed by atoms with Gasteiger partial charge < -0.3 is 10.1 Å². The molecule has 0 aromatic rings. The van der Waals surface area contributed by atoms with Gasteiger partial charge in [0.05, 0.1) is 5.41 Å². The first-order valence-corrected chi connectivity index (χ1v) is 4.71. The van der Waals surface area contributed by atoms with Crippen LogP contribution in [-0.2, 0) is 9.53 Å². The molecule has 1 aliphatic heterocycles. The highest BCUT2D eigenvalue weighted by molar-refractivity contribution is 5.77. The van der Waals surface area contributed by atoms with Gasteiger partial charge >= 0.3 is 12.1 Å². The molecule has 1 N–H and O–H groups in total. The van der Waals surface area contributed by atoms with Gasteiger partial charge in [0.1, 0.15) is 0 Å². The third kappa shape index (κ3) is 3.09. The van der Waals surface area contributed by atoms with E-state index in [1.54, 1.807) is 13.8 Å². The molecule has 1 heterocycles. The van der Waals surface area contributed by atoms with Gasteiger partial charge in [-0.05, 0) is 26.8 Å². The fraction of sp³-hybridized carbons (Fsp3) is 0.889. The molecule has 1 fully saturated rings. The lowest BCUT2D eigenvalue weighted by Crippen LogP contribution is -2.55. The van der Waals surface area contributed by atoms with Crippen LogP contribution in [-0.4, -0.2) is 31.3 Å². The third-order valence-corrected chi connectivity index (χ3v) is 2.59. The summed E-state index contributed by atoms with van der Waals surface area (Å²) in [4.78, 5) is 11.4. The number of nitrogens with one attached hydrogen (secondary N) is 1. The average Bonchev–Trinajstić information content (AvgIpc) is 1.93. The van der Waals surface area contributed by atoms with E-state index in [0.717, 1.165) is 13.0 Å². The van der Waals surface area contributed by atoms with Crippen LogP contribution in [0, 0.1) is 5.41 Å². The van der Waals surface area contributed by atoms with Gasteiger partial charge in [-0.1, -0.05) is 0 Å². The van der Waals surface area contributed by atoms with Gasteiger partial charge in [-0.2, -0.15) is 13.2 Å². The molecule has 0 spiro atoms. The maximum absolute atomic E-state index is 11.8. The summed E-state index contributed by atoms with van der Waals surface area (Å²) in [7, 11) is 0. The summed E-state index contributed by atoms with van der Waals surface area (Å²) in [6.07, 6.45) is -3.67. The van der Waals surface area contributed by atoms with E-state index in [9.17, 15) is 18.0 Å². The fourth-order valence-corrected chi connectivity index (χ4v) is 1.38. The molecule has 1 aliphatic rings. The Bertz CT molecular complexity index is 246. The number of hydrogen-bond acceptors (Lipinski definition) is 3. The van der Waals surface area contributed by atoms with E-state index in [4.69, 9.17) is 0 Å². The van der Waals surface area contributed by atoms with E-state index in [2.05, 4.69) is 10.1 Å². The zero-order valence-electron chi connectivity index (χ0n) is 8.65. The van der Waals surface area contributed by atoms with Gasteiger partial charge in [-0.3, -0.25) is 4.79 Å². The Hall–Kier alpha value is -0.780. The van der Waals surface area contributed by atoms with Crippen molar-refractivity contribution in [1.82, 2.24) is 5.32 Å². The van der Waals surface area contributed by atoms with Crippen LogP contribution in [0.3, 0.4) is 0 Å². The number of esters is 1. The summed E-state index contributed by atoms with van der Waals surface area (Å²) in [6, 6.07) is -0.0850. The maximum atomic E-state index is 11.8. The number of carbonyl (C=O) groups excluding carboxylic acids is 1. The molecule has 0 bridgehead atoms. The minimum atomic E-state index is -4.46. The first-order valence-electron chi connectivity index (χ1n) is 4.71. The molecule has 0 aliphatic carbocycles. The highest BCUT2D eigenvalue weighted by Gasteiger charge is 2.42. The van der Waals surface area contributed by atoms with Crippen molar-refractivity contribution in [3.05, 3.63) is 0 Å². The summed E-state index contributed by atoms with van der Waals surface area (Å²) < 4.78 is 39.6. The summed E-state index contributed by atoms with van der Waals surface area (Å²) in [5.74, 6) is -0.808. The lowest BCUT2D eigenvalue weighted by atomic mass is 9.79. The lowest BCUT2D eigenvalue weighted by Gasteiger charge is -2.39. The fourth-order valence-electron chi connectivity index (χ4n) is 1.38. The molecule has 1 saturated heterocycles. The number of alkyl halides is 3. The maximum Gasteiger partial charge on any atom is 0.422 e. The first kappa shape index (κ1) is 12.3. The first-order chi connectivity index (χ1) is 6.73. The zero-order chi connectivity index (χ0) is 11.7. The van der Waals surface area contributed by atoms with Gasteiger partial charge in [0.15, 0.2) is 6.61 Å². The van der Waals surface area contributed by atoms with Crippen LogP contribution in [0.1, 0.15) is 20.3 Å². The highest BCUT2D eigenvalue weighted by Crippen LogP contribution is 2.29. The number of carbonyl (C=O) groups is 1. The largest absolute Gasteiger partial charge is 0.456 e. The molecule has 1 unspecified atom stereocenters. The average molecular weight is 225 g/mol. The molecule has 3 nitrogen and oxygen atoms in total. The van der Waals surface area contributed by atoms with Gasteiger partial charge in [-0.15, -0.1) is 0 Å². The van der Waals surface area contributed by atoms with E-state index >= 15 is 0 Å². The van der Waals surface area contributed by atoms with Crippen molar-refractivity contribution < 1.29 is 22.7 Å². The van der Waals surface area contributed by atoms with E-state index in [0.29, 0.717) is 0 Å². The van der Waals surface area contributed by atoms with Crippen LogP contribution in [0.4, 0.5) is 13.2 Å². The molecular weight excluding hydrogens is 211 g/mol. The SMILES string of the molecule is CC(C)(C(=O)OCC(F)(F)F)C1CCN1. The molecule has 1 rings (SSSR count). The second-order valence-corrected chi connectivity index (χ2v) is 4.21. The number of halogens is 3. The molecule has 88 valence electrons. The predicted molar refractivity (Wildman–Crippen MR) is 47.2 cm³/mol. The summed E-state index contributed by atoms with van der Waals surface area (Å²) in [5.41, 5.74) is -0.899. The number of rotatable bonds is 3. The topological polar surface area (TPSA) is 38.3 Å². The zero-order valence-corrected chi connectivity index (χ0v) is 8.65. The minimum absolute atomic E-state index is 0.0850. The van der Waals surface area contributed by atoms with Crippen molar-refractivity contribution in [2.24, 2.45) is 5.41 Å². The van der Waals surface area contributed by atoms with Gasteiger partial charge in [0.25, 0.3) is 0 Å². The van der Waals surface area contributed by atoms with Crippen LogP contribution in [0.5, 0.6) is 0 Å². The second-order valence-electron chi connectivity index (χ2n) is 4.21. The van der Waals surface area contributed by atoms with Crippen molar-refractivity contribution in [1.29, 1.82) is 0 Å². The Kier molecular flexibility index (Phi) is 3.28. The Balaban J connectivity index is 2.45. The van der Waals surface area contributed by atoms with Crippen LogP contribution in [0.2, 0.25) is 0 Å². The summed E-state index contributed by atoms with van der Waals surface area (Å²) >= 11 is 0. The van der Waals surface area contributed by atoms with Crippen molar-refractivity contribution in [2.75, 3.05) is 13.2 Å². The van der Waals surface area contributed by atoms with Gasteiger partial charge in [0, 0.05) is 6.04 Å². The van der Waals surface area contributed by atoms with Crippen molar-refractivity contribution in [3.63, 3.8) is 0 Å².